The minimum Gasteiger partial charge on any atom is -0.207 e. The highest BCUT2D eigenvalue weighted by Gasteiger charge is 2.05. The first kappa shape index (κ1) is 13.5. The minimum absolute atomic E-state index is 0.489. The quantitative estimate of drug-likeness (QED) is 0.730. The van der Waals surface area contributed by atoms with Crippen LogP contribution in [0, 0.1) is 18.6 Å². The van der Waals surface area contributed by atoms with E-state index in [9.17, 15) is 8.78 Å². The van der Waals surface area contributed by atoms with Crippen molar-refractivity contribution in [3.05, 3.63) is 77.4 Å². The Kier molecular flexibility index (Phi) is 4.10. The standard InChI is InChI=1S/C17H16F2/c1-12-3-6-14(7-4-12)13(2)5-8-15-9-10-16(18)11-17(15)19/h3-4,6-7,9-11H,2,5,8H2,1H3. The summed E-state index contributed by atoms with van der Waals surface area (Å²) in [6, 6.07) is 11.8. The Morgan fingerprint density at radius 2 is 1.74 bits per heavy atom. The highest BCUT2D eigenvalue weighted by atomic mass is 19.1. The van der Waals surface area contributed by atoms with E-state index in [-0.39, 0.29) is 0 Å². The van der Waals surface area contributed by atoms with Crippen LogP contribution in [0.15, 0.2) is 49.0 Å². The summed E-state index contributed by atoms with van der Waals surface area (Å²) >= 11 is 0. The third-order valence-corrected chi connectivity index (χ3v) is 3.17. The van der Waals surface area contributed by atoms with Gasteiger partial charge in [0.15, 0.2) is 0 Å². The third kappa shape index (κ3) is 3.50. The third-order valence-electron chi connectivity index (χ3n) is 3.17. The highest BCUT2D eigenvalue weighted by Crippen LogP contribution is 2.20. The van der Waals surface area contributed by atoms with Crippen molar-refractivity contribution in [1.82, 2.24) is 0 Å². The van der Waals surface area contributed by atoms with Crippen LogP contribution in [0.1, 0.15) is 23.1 Å². The Morgan fingerprint density at radius 3 is 2.37 bits per heavy atom. The van der Waals surface area contributed by atoms with Crippen molar-refractivity contribution in [2.24, 2.45) is 0 Å². The molecule has 2 aromatic rings. The lowest BCUT2D eigenvalue weighted by Gasteiger charge is -2.07. The van der Waals surface area contributed by atoms with Crippen LogP contribution in [-0.2, 0) is 6.42 Å². The van der Waals surface area contributed by atoms with Gasteiger partial charge >= 0.3 is 0 Å². The second kappa shape index (κ2) is 5.79. The Balaban J connectivity index is 2.02. The minimum atomic E-state index is -0.543. The highest BCUT2D eigenvalue weighted by molar-refractivity contribution is 5.63. The van der Waals surface area contributed by atoms with E-state index in [0.717, 1.165) is 17.2 Å². The maximum atomic E-state index is 13.5. The molecule has 0 fully saturated rings. The first-order valence-corrected chi connectivity index (χ1v) is 6.25. The average Bonchev–Trinajstić information content (AvgIpc) is 2.38. The van der Waals surface area contributed by atoms with E-state index in [4.69, 9.17) is 0 Å². The second-order valence-corrected chi connectivity index (χ2v) is 4.71. The molecular weight excluding hydrogens is 242 g/mol. The maximum absolute atomic E-state index is 13.5. The van der Waals surface area contributed by atoms with Gasteiger partial charge in [0.05, 0.1) is 0 Å². The molecule has 0 saturated carbocycles. The molecule has 0 atom stereocenters. The van der Waals surface area contributed by atoms with Crippen LogP contribution in [0.4, 0.5) is 8.78 Å². The van der Waals surface area contributed by atoms with Gasteiger partial charge in [-0.3, -0.25) is 0 Å². The van der Waals surface area contributed by atoms with E-state index in [1.54, 1.807) is 0 Å². The molecule has 0 N–H and O–H groups in total. The molecule has 2 aromatic carbocycles. The molecule has 0 heterocycles. The molecule has 0 aliphatic rings. The zero-order chi connectivity index (χ0) is 13.8. The van der Waals surface area contributed by atoms with Crippen LogP contribution >= 0.6 is 0 Å². The first-order valence-electron chi connectivity index (χ1n) is 6.25. The van der Waals surface area contributed by atoms with Crippen LogP contribution in [0.25, 0.3) is 5.57 Å². The fourth-order valence-electron chi connectivity index (χ4n) is 1.94. The first-order chi connectivity index (χ1) is 9.06. The van der Waals surface area contributed by atoms with Crippen molar-refractivity contribution < 1.29 is 8.78 Å². The van der Waals surface area contributed by atoms with Crippen molar-refractivity contribution in [2.45, 2.75) is 19.8 Å². The van der Waals surface area contributed by atoms with E-state index < -0.39 is 11.6 Å². The summed E-state index contributed by atoms with van der Waals surface area (Å²) < 4.78 is 26.3. The van der Waals surface area contributed by atoms with Gasteiger partial charge in [0.1, 0.15) is 11.6 Å². The van der Waals surface area contributed by atoms with Gasteiger partial charge in [0, 0.05) is 6.07 Å². The fraction of sp³-hybridized carbons (Fsp3) is 0.176. The van der Waals surface area contributed by atoms with Crippen LogP contribution < -0.4 is 0 Å². The molecule has 0 bridgehead atoms. The molecule has 0 radical (unpaired) electrons. The van der Waals surface area contributed by atoms with Gasteiger partial charge in [0.25, 0.3) is 0 Å². The number of rotatable bonds is 4. The summed E-state index contributed by atoms with van der Waals surface area (Å²) in [5, 5.41) is 0. The number of aryl methyl sites for hydroxylation is 2. The van der Waals surface area contributed by atoms with E-state index in [1.807, 2.05) is 31.2 Å². The SMILES string of the molecule is C=C(CCc1ccc(F)cc1F)c1ccc(C)cc1. The van der Waals surface area contributed by atoms with Gasteiger partial charge in [-0.05, 0) is 42.5 Å². The topological polar surface area (TPSA) is 0 Å². The molecule has 0 aromatic heterocycles. The second-order valence-electron chi connectivity index (χ2n) is 4.71. The van der Waals surface area contributed by atoms with Crippen LogP contribution in [0.5, 0.6) is 0 Å². The number of hydrogen-bond donors (Lipinski definition) is 0. The number of benzene rings is 2. The van der Waals surface area contributed by atoms with Crippen LogP contribution in [0.2, 0.25) is 0 Å². The lowest BCUT2D eigenvalue weighted by Crippen LogP contribution is -1.93. The molecule has 0 aliphatic heterocycles. The molecule has 0 aliphatic carbocycles. The molecule has 2 rings (SSSR count). The zero-order valence-corrected chi connectivity index (χ0v) is 10.9. The van der Waals surface area contributed by atoms with E-state index >= 15 is 0 Å². The lowest BCUT2D eigenvalue weighted by atomic mass is 9.99. The monoisotopic (exact) mass is 258 g/mol. The van der Waals surface area contributed by atoms with Crippen molar-refractivity contribution in [3.8, 4) is 0 Å². The molecule has 0 amide bonds. The van der Waals surface area contributed by atoms with Gasteiger partial charge in [-0.25, -0.2) is 8.78 Å². The van der Waals surface area contributed by atoms with Gasteiger partial charge in [0.2, 0.25) is 0 Å². The molecule has 19 heavy (non-hydrogen) atoms. The van der Waals surface area contributed by atoms with Crippen molar-refractivity contribution in [2.75, 3.05) is 0 Å². The molecule has 0 nitrogen and oxygen atoms in total. The van der Waals surface area contributed by atoms with Crippen molar-refractivity contribution >= 4 is 5.57 Å². The predicted octanol–water partition coefficient (Wildman–Crippen LogP) is 4.92. The number of halogens is 2. The van der Waals surface area contributed by atoms with Crippen LogP contribution in [0.3, 0.4) is 0 Å². The van der Waals surface area contributed by atoms with Crippen molar-refractivity contribution in [3.63, 3.8) is 0 Å². The lowest BCUT2D eigenvalue weighted by molar-refractivity contribution is 0.572. The predicted molar refractivity (Wildman–Crippen MR) is 74.9 cm³/mol. The molecule has 0 unspecified atom stereocenters. The Labute approximate surface area is 112 Å². The summed E-state index contributed by atoms with van der Waals surface area (Å²) in [4.78, 5) is 0. The molecular formula is C17H16F2. The van der Waals surface area contributed by atoms with E-state index in [2.05, 4.69) is 6.58 Å². The van der Waals surface area contributed by atoms with E-state index in [0.29, 0.717) is 18.4 Å². The normalized spacial score (nSPS) is 10.5. The zero-order valence-electron chi connectivity index (χ0n) is 10.9. The van der Waals surface area contributed by atoms with Gasteiger partial charge in [-0.15, -0.1) is 0 Å². The molecule has 2 heteroatoms. The van der Waals surface area contributed by atoms with E-state index in [1.165, 1.54) is 17.7 Å². The Bertz CT molecular complexity index is 583. The molecule has 0 spiro atoms. The summed E-state index contributed by atoms with van der Waals surface area (Å²) in [5.74, 6) is -1.03. The summed E-state index contributed by atoms with van der Waals surface area (Å²) in [6.07, 6.45) is 1.18. The van der Waals surface area contributed by atoms with Gasteiger partial charge < -0.3 is 0 Å². The maximum Gasteiger partial charge on any atom is 0.129 e. The fourth-order valence-corrected chi connectivity index (χ4v) is 1.94. The molecule has 0 saturated heterocycles. The largest absolute Gasteiger partial charge is 0.207 e. The summed E-state index contributed by atoms with van der Waals surface area (Å²) in [7, 11) is 0. The van der Waals surface area contributed by atoms with Gasteiger partial charge in [-0.1, -0.05) is 42.5 Å². The Morgan fingerprint density at radius 1 is 1.05 bits per heavy atom. The van der Waals surface area contributed by atoms with Crippen molar-refractivity contribution in [1.29, 1.82) is 0 Å². The molecule has 98 valence electrons. The number of allylic oxidation sites excluding steroid dienone is 1. The Hall–Kier alpha value is -1.96. The van der Waals surface area contributed by atoms with Gasteiger partial charge in [-0.2, -0.15) is 0 Å². The number of hydrogen-bond acceptors (Lipinski definition) is 0. The van der Waals surface area contributed by atoms with Crippen LogP contribution in [-0.4, -0.2) is 0 Å². The average molecular weight is 258 g/mol. The summed E-state index contributed by atoms with van der Waals surface area (Å²) in [5.41, 5.74) is 3.74. The summed E-state index contributed by atoms with van der Waals surface area (Å²) in [6.45, 7) is 6.05. The smallest absolute Gasteiger partial charge is 0.129 e.